The van der Waals surface area contributed by atoms with Gasteiger partial charge < -0.3 is 5.32 Å². The predicted octanol–water partition coefficient (Wildman–Crippen LogP) is -0.353. The molecule has 0 aliphatic heterocycles. The zero-order valence-corrected chi connectivity index (χ0v) is 6.85. The Kier molecular flexibility index (Phi) is 2.71. The second kappa shape index (κ2) is 3.60. The number of hydrogen-bond donors (Lipinski definition) is 2. The molecule has 1 aromatic rings. The number of nitrogens with one attached hydrogen (secondary N) is 2. The summed E-state index contributed by atoms with van der Waals surface area (Å²) in [4.78, 5) is 10.5. The molecule has 1 rings (SSSR count). The van der Waals surface area contributed by atoms with Crippen LogP contribution in [0.2, 0.25) is 0 Å². The number of carbonyl (C=O) groups excluding carboxylic acids is 1. The van der Waals surface area contributed by atoms with Crippen molar-refractivity contribution in [2.45, 2.75) is 11.9 Å². The molecule has 0 aliphatic rings. The lowest BCUT2D eigenvalue weighted by Gasteiger charge is -2.06. The molecule has 1 amide bonds. The van der Waals surface area contributed by atoms with Crippen molar-refractivity contribution in [3.8, 4) is 0 Å². The van der Waals surface area contributed by atoms with Crippen LogP contribution in [0, 0.1) is 0 Å². The van der Waals surface area contributed by atoms with Crippen molar-refractivity contribution in [3.05, 3.63) is 5.82 Å². The van der Waals surface area contributed by atoms with E-state index in [1.807, 2.05) is 5.32 Å². The van der Waals surface area contributed by atoms with Gasteiger partial charge in [-0.3, -0.25) is 4.79 Å². The molecule has 0 fully saturated rings. The summed E-state index contributed by atoms with van der Waals surface area (Å²) in [7, 11) is 0. The quantitative estimate of drug-likeness (QED) is 0.670. The molecule has 0 aromatic carbocycles. The lowest BCUT2D eigenvalue weighted by atomic mass is 10.5. The van der Waals surface area contributed by atoms with Crippen LogP contribution in [0.4, 0.5) is 8.78 Å². The van der Waals surface area contributed by atoms with Crippen molar-refractivity contribution in [1.29, 1.82) is 0 Å². The number of carbonyl (C=O) groups is 1. The van der Waals surface area contributed by atoms with E-state index in [1.54, 1.807) is 0 Å². The van der Waals surface area contributed by atoms with Crippen LogP contribution in [0.1, 0.15) is 5.82 Å². The number of nitrogens with zero attached hydrogens (tertiary/aromatic N) is 3. The van der Waals surface area contributed by atoms with Gasteiger partial charge in [-0.2, -0.15) is 14.0 Å². The van der Waals surface area contributed by atoms with Crippen molar-refractivity contribution in [2.75, 3.05) is 0 Å². The Morgan fingerprint density at radius 1 is 1.69 bits per heavy atom. The zero-order chi connectivity index (χ0) is 9.90. The largest absolute Gasteiger partial charge is 0.399 e. The summed E-state index contributed by atoms with van der Waals surface area (Å²) >= 11 is 4.41. The van der Waals surface area contributed by atoms with Crippen LogP contribution >= 0.6 is 11.6 Å². The maximum absolute atomic E-state index is 12.0. The van der Waals surface area contributed by atoms with Crippen molar-refractivity contribution in [2.24, 2.45) is 0 Å². The summed E-state index contributed by atoms with van der Waals surface area (Å²) in [5.74, 6) is -1.51. The van der Waals surface area contributed by atoms with Gasteiger partial charge in [0.05, 0.1) is 6.54 Å². The third kappa shape index (κ3) is 2.90. The van der Waals surface area contributed by atoms with Crippen LogP contribution in [0.3, 0.4) is 0 Å². The molecule has 0 bridgehead atoms. The maximum atomic E-state index is 12.0. The van der Waals surface area contributed by atoms with Gasteiger partial charge in [-0.1, -0.05) is 5.21 Å². The summed E-state index contributed by atoms with van der Waals surface area (Å²) in [5, 5.41) is 9.99. The molecule has 1 heterocycles. The lowest BCUT2D eigenvalue weighted by Crippen LogP contribution is -2.35. The summed E-state index contributed by atoms with van der Waals surface area (Å²) in [5.41, 5.74) is 0. The normalized spacial score (nSPS) is 11.3. The van der Waals surface area contributed by atoms with Gasteiger partial charge in [0, 0.05) is 0 Å². The van der Waals surface area contributed by atoms with Crippen molar-refractivity contribution in [1.82, 2.24) is 25.9 Å². The maximum Gasteiger partial charge on any atom is 0.399 e. The van der Waals surface area contributed by atoms with Crippen molar-refractivity contribution < 1.29 is 13.6 Å². The van der Waals surface area contributed by atoms with Gasteiger partial charge >= 0.3 is 11.3 Å². The molecule has 0 unspecified atom stereocenters. The molecule has 0 saturated carbocycles. The summed E-state index contributed by atoms with van der Waals surface area (Å²) < 4.78 is 24.1. The van der Waals surface area contributed by atoms with Crippen LogP contribution in [-0.2, 0) is 11.3 Å². The first-order valence-electron chi connectivity index (χ1n) is 3.07. The highest BCUT2D eigenvalue weighted by Crippen LogP contribution is 2.18. The number of aromatic nitrogens is 4. The van der Waals surface area contributed by atoms with Crippen molar-refractivity contribution in [3.63, 3.8) is 0 Å². The number of tetrazole rings is 1. The molecular formula is C4H4ClF2N5O. The molecule has 0 spiro atoms. The minimum atomic E-state index is -3.91. The number of amides is 1. The molecule has 9 heteroatoms. The van der Waals surface area contributed by atoms with E-state index in [0.717, 1.165) is 0 Å². The van der Waals surface area contributed by atoms with Crippen LogP contribution in [0.15, 0.2) is 0 Å². The highest BCUT2D eigenvalue weighted by molar-refractivity contribution is 6.32. The Morgan fingerprint density at radius 2 is 2.38 bits per heavy atom. The smallest absolute Gasteiger partial charge is 0.342 e. The van der Waals surface area contributed by atoms with Crippen LogP contribution in [0.25, 0.3) is 0 Å². The van der Waals surface area contributed by atoms with Crippen LogP contribution in [-0.4, -0.2) is 31.9 Å². The molecule has 6 nitrogen and oxygen atoms in total. The molecule has 1 aromatic heterocycles. The number of alkyl halides is 3. The van der Waals surface area contributed by atoms with E-state index in [4.69, 9.17) is 0 Å². The first-order chi connectivity index (χ1) is 6.00. The second-order valence-corrected chi connectivity index (χ2v) is 2.48. The SMILES string of the molecule is O=C(NCc1nn[nH]n1)C(F)(F)Cl. The standard InChI is InChI=1S/C4H4ClF2N5O/c5-4(6,7)3(13)8-1-2-9-11-12-10-2/h1H2,(H,8,13)(H,9,10,11,12). The van der Waals surface area contributed by atoms with Crippen LogP contribution in [0.5, 0.6) is 0 Å². The molecule has 0 saturated heterocycles. The minimum absolute atomic E-state index is 0.0919. The molecule has 2 N–H and O–H groups in total. The van der Waals surface area contributed by atoms with Gasteiger partial charge in [-0.15, -0.1) is 10.2 Å². The number of rotatable bonds is 3. The Bertz CT molecular complexity index is 283. The molecular weight excluding hydrogens is 208 g/mol. The summed E-state index contributed by atoms with van der Waals surface area (Å²) in [6.07, 6.45) is 0. The topological polar surface area (TPSA) is 83.6 Å². The van der Waals surface area contributed by atoms with E-state index < -0.39 is 11.3 Å². The first kappa shape index (κ1) is 9.78. The molecule has 0 aliphatic carbocycles. The molecule has 13 heavy (non-hydrogen) atoms. The van der Waals surface area contributed by atoms with Gasteiger partial charge in [-0.05, 0) is 11.6 Å². The second-order valence-electron chi connectivity index (χ2n) is 2.01. The van der Waals surface area contributed by atoms with Gasteiger partial charge in [0.1, 0.15) is 0 Å². The number of aromatic amines is 1. The summed E-state index contributed by atoms with van der Waals surface area (Å²) in [6.45, 7) is -0.252. The van der Waals surface area contributed by atoms with Gasteiger partial charge in [0.25, 0.3) is 0 Å². The molecule has 72 valence electrons. The first-order valence-corrected chi connectivity index (χ1v) is 3.45. The highest BCUT2D eigenvalue weighted by Gasteiger charge is 2.35. The summed E-state index contributed by atoms with van der Waals surface area (Å²) in [6, 6.07) is 0. The Labute approximate surface area is 75.6 Å². The Balaban J connectivity index is 2.40. The monoisotopic (exact) mass is 211 g/mol. The fourth-order valence-electron chi connectivity index (χ4n) is 0.517. The fourth-order valence-corrected chi connectivity index (χ4v) is 0.584. The van der Waals surface area contributed by atoms with Crippen molar-refractivity contribution >= 4 is 17.5 Å². The Hall–Kier alpha value is -1.31. The van der Waals surface area contributed by atoms with E-state index in [1.165, 1.54) is 0 Å². The number of hydrogen-bond acceptors (Lipinski definition) is 4. The predicted molar refractivity (Wildman–Crippen MR) is 36.8 cm³/mol. The van der Waals surface area contributed by atoms with E-state index in [9.17, 15) is 13.6 Å². The third-order valence-electron chi connectivity index (χ3n) is 1.05. The van der Waals surface area contributed by atoms with Gasteiger partial charge in [0.2, 0.25) is 0 Å². The van der Waals surface area contributed by atoms with Crippen LogP contribution < -0.4 is 5.32 Å². The number of H-pyrrole nitrogens is 1. The van der Waals surface area contributed by atoms with E-state index in [0.29, 0.717) is 0 Å². The van der Waals surface area contributed by atoms with E-state index in [-0.39, 0.29) is 12.4 Å². The average molecular weight is 212 g/mol. The van der Waals surface area contributed by atoms with E-state index >= 15 is 0 Å². The highest BCUT2D eigenvalue weighted by atomic mass is 35.5. The molecule has 0 radical (unpaired) electrons. The van der Waals surface area contributed by atoms with Gasteiger partial charge in [0.15, 0.2) is 5.82 Å². The van der Waals surface area contributed by atoms with Gasteiger partial charge in [-0.25, -0.2) is 0 Å². The minimum Gasteiger partial charge on any atom is -0.342 e. The fraction of sp³-hybridized carbons (Fsp3) is 0.500. The molecule has 0 atom stereocenters. The average Bonchev–Trinajstić information content (AvgIpc) is 2.50. The Morgan fingerprint density at radius 3 is 2.85 bits per heavy atom. The third-order valence-corrected chi connectivity index (χ3v) is 1.23. The zero-order valence-electron chi connectivity index (χ0n) is 6.09. The van der Waals surface area contributed by atoms with E-state index in [2.05, 4.69) is 32.2 Å². The lowest BCUT2D eigenvalue weighted by molar-refractivity contribution is -0.135. The number of halogens is 3.